The number of piperazine rings is 1. The van der Waals surface area contributed by atoms with Gasteiger partial charge in [-0.15, -0.1) is 0 Å². The van der Waals surface area contributed by atoms with Crippen molar-refractivity contribution in [2.75, 3.05) is 37.7 Å². The van der Waals surface area contributed by atoms with Crippen LogP contribution in [0.2, 0.25) is 0 Å². The Labute approximate surface area is 186 Å². The first-order chi connectivity index (χ1) is 15.1. The molecule has 1 aromatic heterocycles. The maximum atomic E-state index is 12.8. The molecule has 1 saturated heterocycles. The molecule has 2 aliphatic heterocycles. The Bertz CT molecular complexity index is 1050. The summed E-state index contributed by atoms with van der Waals surface area (Å²) in [5.74, 6) is 0.467. The largest absolute Gasteiger partial charge is 0.482 e. The molecule has 1 aromatic carbocycles. The molecular formula is C23H28N4O5. The van der Waals surface area contributed by atoms with Gasteiger partial charge in [0.1, 0.15) is 18.6 Å². The monoisotopic (exact) mass is 440 g/mol. The number of carbonyl (C=O) groups is 3. The fraction of sp³-hybridized carbons (Fsp3) is 0.478. The number of amides is 3. The lowest BCUT2D eigenvalue weighted by atomic mass is 9.86. The van der Waals surface area contributed by atoms with Gasteiger partial charge in [-0.2, -0.15) is 0 Å². The highest BCUT2D eigenvalue weighted by Gasteiger charge is 2.30. The van der Waals surface area contributed by atoms with Gasteiger partial charge in [0.25, 0.3) is 11.8 Å². The molecule has 2 aromatic rings. The third-order valence-electron chi connectivity index (χ3n) is 5.84. The summed E-state index contributed by atoms with van der Waals surface area (Å²) in [5, 5.41) is 0. The van der Waals surface area contributed by atoms with Gasteiger partial charge in [0.05, 0.1) is 5.69 Å². The molecular weight excluding hydrogens is 412 g/mol. The van der Waals surface area contributed by atoms with E-state index in [9.17, 15) is 14.4 Å². The molecule has 9 heteroatoms. The highest BCUT2D eigenvalue weighted by atomic mass is 16.5. The fourth-order valence-electron chi connectivity index (χ4n) is 3.85. The predicted octanol–water partition coefficient (Wildman–Crippen LogP) is 2.20. The molecule has 0 unspecified atom stereocenters. The highest BCUT2D eigenvalue weighted by molar-refractivity contribution is 5.98. The first-order valence-electron chi connectivity index (χ1n) is 10.7. The van der Waals surface area contributed by atoms with Gasteiger partial charge in [-0.05, 0) is 23.1 Å². The molecule has 0 aliphatic carbocycles. The maximum absolute atomic E-state index is 12.8. The molecule has 4 rings (SSSR count). The third-order valence-corrected chi connectivity index (χ3v) is 5.84. The normalized spacial score (nSPS) is 16.6. The van der Waals surface area contributed by atoms with Crippen LogP contribution < -0.4 is 9.64 Å². The summed E-state index contributed by atoms with van der Waals surface area (Å²) in [6, 6.07) is 5.83. The number of nitrogens with zero attached hydrogens (tertiary/aromatic N) is 4. The summed E-state index contributed by atoms with van der Waals surface area (Å²) in [6.07, 6.45) is 1.33. The molecule has 9 nitrogen and oxygen atoms in total. The van der Waals surface area contributed by atoms with Gasteiger partial charge >= 0.3 is 0 Å². The SMILES string of the molecule is CC(=O)N1CCN(C(=O)c2coc(CN3C(=O)COc4ccc(C(C)(C)C)cc43)n2)CC1. The molecule has 2 aliphatic rings. The van der Waals surface area contributed by atoms with Crippen LogP contribution in [0.5, 0.6) is 5.75 Å². The number of oxazole rings is 1. The fourth-order valence-corrected chi connectivity index (χ4v) is 3.85. The molecule has 32 heavy (non-hydrogen) atoms. The molecule has 3 amide bonds. The van der Waals surface area contributed by atoms with E-state index in [2.05, 4.69) is 25.8 Å². The van der Waals surface area contributed by atoms with Crippen molar-refractivity contribution in [2.45, 2.75) is 39.7 Å². The minimum atomic E-state index is -0.244. The van der Waals surface area contributed by atoms with E-state index in [4.69, 9.17) is 9.15 Å². The van der Waals surface area contributed by atoms with Gasteiger partial charge in [-0.3, -0.25) is 19.3 Å². The lowest BCUT2D eigenvalue weighted by Gasteiger charge is -2.33. The maximum Gasteiger partial charge on any atom is 0.275 e. The highest BCUT2D eigenvalue weighted by Crippen LogP contribution is 2.37. The van der Waals surface area contributed by atoms with Crippen molar-refractivity contribution >= 4 is 23.4 Å². The van der Waals surface area contributed by atoms with E-state index >= 15 is 0 Å². The Morgan fingerprint density at radius 3 is 2.44 bits per heavy atom. The number of ether oxygens (including phenoxy) is 1. The molecule has 0 spiro atoms. The van der Waals surface area contributed by atoms with E-state index in [1.807, 2.05) is 18.2 Å². The number of hydrogen-bond acceptors (Lipinski definition) is 6. The summed E-state index contributed by atoms with van der Waals surface area (Å²) in [4.78, 5) is 46.2. The Kier molecular flexibility index (Phi) is 5.66. The number of carbonyl (C=O) groups excluding carboxylic acids is 3. The lowest BCUT2D eigenvalue weighted by Crippen LogP contribution is -2.50. The summed E-state index contributed by atoms with van der Waals surface area (Å²) in [5.41, 5.74) is 1.85. The average molecular weight is 441 g/mol. The molecule has 0 saturated carbocycles. The van der Waals surface area contributed by atoms with E-state index < -0.39 is 0 Å². The van der Waals surface area contributed by atoms with E-state index in [1.54, 1.807) is 14.7 Å². The predicted molar refractivity (Wildman–Crippen MR) is 116 cm³/mol. The Hall–Kier alpha value is -3.36. The van der Waals surface area contributed by atoms with E-state index in [1.165, 1.54) is 13.2 Å². The van der Waals surface area contributed by atoms with Gasteiger partial charge in [0.15, 0.2) is 12.3 Å². The molecule has 0 N–H and O–H groups in total. The molecule has 170 valence electrons. The Morgan fingerprint density at radius 1 is 1.09 bits per heavy atom. The number of benzene rings is 1. The van der Waals surface area contributed by atoms with Crippen LogP contribution in [-0.2, 0) is 21.5 Å². The molecule has 0 radical (unpaired) electrons. The second-order valence-corrected chi connectivity index (χ2v) is 9.13. The molecule has 0 atom stereocenters. The van der Waals surface area contributed by atoms with Crippen LogP contribution >= 0.6 is 0 Å². The summed E-state index contributed by atoms with van der Waals surface area (Å²) >= 11 is 0. The molecule has 3 heterocycles. The number of hydrogen-bond donors (Lipinski definition) is 0. The lowest BCUT2D eigenvalue weighted by molar-refractivity contribution is -0.130. The molecule has 1 fully saturated rings. The second kappa shape index (κ2) is 8.29. The van der Waals surface area contributed by atoms with Gasteiger partial charge in [0, 0.05) is 33.1 Å². The van der Waals surface area contributed by atoms with Crippen molar-refractivity contribution in [1.82, 2.24) is 14.8 Å². The standard InChI is InChI=1S/C23H28N4O5/c1-15(28)25-7-9-26(10-8-25)22(30)17-13-32-20(24-17)12-27-18-11-16(23(2,3)4)5-6-19(18)31-14-21(27)29/h5-6,11,13H,7-10,12,14H2,1-4H3. The Balaban J connectivity index is 1.50. The number of aromatic nitrogens is 1. The van der Waals surface area contributed by atoms with Gasteiger partial charge < -0.3 is 19.0 Å². The Morgan fingerprint density at radius 2 is 1.78 bits per heavy atom. The van der Waals surface area contributed by atoms with Crippen LogP contribution in [0.1, 0.15) is 49.6 Å². The summed E-state index contributed by atoms with van der Waals surface area (Å²) in [7, 11) is 0. The van der Waals surface area contributed by atoms with Gasteiger partial charge in [-0.25, -0.2) is 4.98 Å². The second-order valence-electron chi connectivity index (χ2n) is 9.13. The van der Waals surface area contributed by atoms with Crippen molar-refractivity contribution in [3.8, 4) is 5.75 Å². The van der Waals surface area contributed by atoms with Crippen LogP contribution in [0.4, 0.5) is 5.69 Å². The van der Waals surface area contributed by atoms with Crippen LogP contribution in [0.3, 0.4) is 0 Å². The number of fused-ring (bicyclic) bond motifs is 1. The van der Waals surface area contributed by atoms with Crippen molar-refractivity contribution in [3.05, 3.63) is 41.6 Å². The summed E-state index contributed by atoms with van der Waals surface area (Å²) in [6.45, 7) is 9.78. The van der Waals surface area contributed by atoms with Crippen molar-refractivity contribution in [1.29, 1.82) is 0 Å². The van der Waals surface area contributed by atoms with Crippen LogP contribution in [0, 0.1) is 0 Å². The first-order valence-corrected chi connectivity index (χ1v) is 10.7. The topological polar surface area (TPSA) is 96.2 Å². The number of anilines is 1. The smallest absolute Gasteiger partial charge is 0.275 e. The third kappa shape index (κ3) is 4.32. The molecule has 0 bridgehead atoms. The minimum absolute atomic E-state index is 0.00546. The van der Waals surface area contributed by atoms with Crippen molar-refractivity contribution < 1.29 is 23.5 Å². The first kappa shape index (κ1) is 21.9. The zero-order valence-electron chi connectivity index (χ0n) is 18.9. The quantitative estimate of drug-likeness (QED) is 0.726. The van der Waals surface area contributed by atoms with Gasteiger partial charge in [-0.1, -0.05) is 26.8 Å². The van der Waals surface area contributed by atoms with Crippen molar-refractivity contribution in [2.24, 2.45) is 0 Å². The average Bonchev–Trinajstić information content (AvgIpc) is 3.23. The van der Waals surface area contributed by atoms with Crippen LogP contribution in [-0.4, -0.2) is 65.3 Å². The van der Waals surface area contributed by atoms with Crippen LogP contribution in [0.25, 0.3) is 0 Å². The van der Waals surface area contributed by atoms with E-state index in [-0.39, 0.29) is 47.9 Å². The van der Waals surface area contributed by atoms with Gasteiger partial charge in [0.2, 0.25) is 11.8 Å². The minimum Gasteiger partial charge on any atom is -0.482 e. The van der Waals surface area contributed by atoms with Crippen LogP contribution in [0.15, 0.2) is 28.9 Å². The summed E-state index contributed by atoms with van der Waals surface area (Å²) < 4.78 is 11.1. The van der Waals surface area contributed by atoms with E-state index in [0.29, 0.717) is 37.6 Å². The van der Waals surface area contributed by atoms with Crippen molar-refractivity contribution in [3.63, 3.8) is 0 Å². The zero-order valence-corrected chi connectivity index (χ0v) is 18.9. The zero-order chi connectivity index (χ0) is 23.0. The number of rotatable bonds is 3. The van der Waals surface area contributed by atoms with E-state index in [0.717, 1.165) is 5.56 Å².